The molecule has 2 aromatic rings. The molecule has 0 aromatic carbocycles. The Kier molecular flexibility index (Phi) is 9.72. The van der Waals surface area contributed by atoms with Gasteiger partial charge in [-0.25, -0.2) is 4.98 Å². The fourth-order valence-electron chi connectivity index (χ4n) is 2.62. The molecule has 0 atom stereocenters. The molecule has 7 nitrogen and oxygen atoms in total. The fraction of sp³-hybridized carbons (Fsp3) is 0.304. The van der Waals surface area contributed by atoms with Gasteiger partial charge in [0.25, 0.3) is 0 Å². The lowest BCUT2D eigenvalue weighted by atomic mass is 10.1. The maximum atomic E-state index is 11.6. The van der Waals surface area contributed by atoms with Crippen LogP contribution in [0.5, 0.6) is 0 Å². The van der Waals surface area contributed by atoms with Gasteiger partial charge in [0, 0.05) is 6.20 Å². The molecule has 2 heterocycles. The molecule has 7 heteroatoms. The molecule has 0 amide bonds. The molecule has 1 saturated carbocycles. The number of carbonyl (C=O) groups is 1. The van der Waals surface area contributed by atoms with Crippen LogP contribution in [0, 0.1) is 31.6 Å². The van der Waals surface area contributed by atoms with Crippen molar-refractivity contribution in [3.05, 3.63) is 79.9 Å². The van der Waals surface area contributed by atoms with E-state index in [1.807, 2.05) is 36.4 Å². The summed E-state index contributed by atoms with van der Waals surface area (Å²) in [5.41, 5.74) is 2.51. The van der Waals surface area contributed by atoms with Crippen molar-refractivity contribution in [1.29, 1.82) is 0 Å². The summed E-state index contributed by atoms with van der Waals surface area (Å²) in [6.45, 7) is 2.79. The number of ether oxygens (including phenoxy) is 4. The van der Waals surface area contributed by atoms with Crippen LogP contribution in [0.15, 0.2) is 42.6 Å². The summed E-state index contributed by atoms with van der Waals surface area (Å²) in [4.78, 5) is 20.5. The maximum absolute atomic E-state index is 11.6. The quantitative estimate of drug-likeness (QED) is 0.372. The van der Waals surface area contributed by atoms with E-state index < -0.39 is 0 Å². The van der Waals surface area contributed by atoms with Gasteiger partial charge in [0.15, 0.2) is 0 Å². The Bertz CT molecular complexity index is 750. The molecule has 2 aromatic heterocycles. The summed E-state index contributed by atoms with van der Waals surface area (Å²) in [6, 6.07) is 11.5. The summed E-state index contributed by atoms with van der Waals surface area (Å²) < 4.78 is 21.5. The van der Waals surface area contributed by atoms with E-state index in [1.54, 1.807) is 31.9 Å². The second-order valence-corrected chi connectivity index (χ2v) is 6.32. The Labute approximate surface area is 177 Å². The summed E-state index contributed by atoms with van der Waals surface area (Å²) >= 11 is 0. The van der Waals surface area contributed by atoms with Crippen molar-refractivity contribution in [2.45, 2.75) is 6.61 Å². The smallest absolute Gasteiger partial charge is 0.313 e. The first-order valence-electron chi connectivity index (χ1n) is 9.82. The summed E-state index contributed by atoms with van der Waals surface area (Å²) in [5, 5.41) is 0. The Hall–Kier alpha value is -2.35. The minimum atomic E-state index is -0.336. The summed E-state index contributed by atoms with van der Waals surface area (Å²) in [7, 11) is 0. The molecule has 0 N–H and O–H groups in total. The molecule has 0 spiro atoms. The average molecular weight is 409 g/mol. The summed E-state index contributed by atoms with van der Waals surface area (Å²) in [5.74, 6) is 0.217. The molecule has 30 heavy (non-hydrogen) atoms. The van der Waals surface area contributed by atoms with Crippen LogP contribution in [0.2, 0.25) is 0 Å². The molecule has 1 aliphatic carbocycles. The highest BCUT2D eigenvalue weighted by molar-refractivity contribution is 5.91. The van der Waals surface area contributed by atoms with Crippen LogP contribution in [-0.2, 0) is 30.3 Å². The third kappa shape index (κ3) is 7.82. The zero-order valence-corrected chi connectivity index (χ0v) is 16.7. The van der Waals surface area contributed by atoms with E-state index in [0.29, 0.717) is 45.6 Å². The van der Waals surface area contributed by atoms with Crippen LogP contribution in [0.1, 0.15) is 5.69 Å². The van der Waals surface area contributed by atoms with Crippen molar-refractivity contribution < 1.29 is 23.7 Å². The minimum absolute atomic E-state index is 0.220. The molecular formula is C23H25N2O5. The number of aromatic nitrogens is 2. The van der Waals surface area contributed by atoms with Gasteiger partial charge in [-0.15, -0.1) is 0 Å². The zero-order valence-electron chi connectivity index (χ0n) is 16.7. The largest absolute Gasteiger partial charge is 0.463 e. The van der Waals surface area contributed by atoms with E-state index in [9.17, 15) is 4.79 Å². The second kappa shape index (κ2) is 13.1. The molecule has 1 fully saturated rings. The molecule has 3 rings (SSSR count). The number of nitrogens with zero attached hydrogens (tertiary/aromatic N) is 2. The standard InChI is InChI=1S/C23H25N2O5/c26-23(19-6-1-2-7-19)30-17-16-28-13-12-27-14-15-29-18-20-8-5-10-22(25-20)21-9-3-4-11-24-21/h1-11H,12-18H2. The number of hydrogen-bond acceptors (Lipinski definition) is 7. The molecule has 157 valence electrons. The van der Waals surface area contributed by atoms with Gasteiger partial charge in [-0.3, -0.25) is 9.78 Å². The topological polar surface area (TPSA) is 79.8 Å². The highest BCUT2D eigenvalue weighted by Crippen LogP contribution is 2.23. The third-order valence-electron chi connectivity index (χ3n) is 4.09. The van der Waals surface area contributed by atoms with Crippen molar-refractivity contribution in [1.82, 2.24) is 9.97 Å². The van der Waals surface area contributed by atoms with Gasteiger partial charge in [-0.2, -0.15) is 0 Å². The van der Waals surface area contributed by atoms with Crippen molar-refractivity contribution in [3.63, 3.8) is 0 Å². The lowest BCUT2D eigenvalue weighted by molar-refractivity contribution is -0.142. The molecule has 0 unspecified atom stereocenters. The van der Waals surface area contributed by atoms with E-state index in [0.717, 1.165) is 17.1 Å². The first-order chi connectivity index (χ1) is 14.8. The number of rotatable bonds is 13. The first-order valence-corrected chi connectivity index (χ1v) is 9.82. The molecule has 1 aliphatic rings. The molecule has 0 bridgehead atoms. The molecule has 0 saturated heterocycles. The van der Waals surface area contributed by atoms with Gasteiger partial charge in [0.1, 0.15) is 6.61 Å². The normalized spacial score (nSPS) is 14.1. The lowest BCUT2D eigenvalue weighted by Gasteiger charge is -2.09. The Morgan fingerprint density at radius 2 is 1.47 bits per heavy atom. The van der Waals surface area contributed by atoms with E-state index in [4.69, 9.17) is 18.9 Å². The maximum Gasteiger partial charge on any atom is 0.313 e. The van der Waals surface area contributed by atoms with Crippen molar-refractivity contribution >= 4 is 5.97 Å². The predicted molar refractivity (Wildman–Crippen MR) is 110 cm³/mol. The molecule has 0 aliphatic heterocycles. The first kappa shape index (κ1) is 22.3. The highest BCUT2D eigenvalue weighted by Gasteiger charge is 2.25. The van der Waals surface area contributed by atoms with E-state index in [2.05, 4.69) is 9.97 Å². The number of hydrogen-bond donors (Lipinski definition) is 0. The molecular weight excluding hydrogens is 384 g/mol. The zero-order chi connectivity index (χ0) is 20.9. The minimum Gasteiger partial charge on any atom is -0.463 e. The molecule has 5 radical (unpaired) electrons. The summed E-state index contributed by atoms with van der Waals surface area (Å²) in [6.07, 6.45) is 8.77. The average Bonchev–Trinajstić information content (AvgIpc) is 3.33. The SMILES string of the molecule is O=C(OCCOCCOCCOCc1cccc(-c2ccccn2)n1)[C]1[CH][CH][CH][CH]1. The van der Waals surface area contributed by atoms with Crippen molar-refractivity contribution in [3.8, 4) is 11.4 Å². The van der Waals surface area contributed by atoms with E-state index >= 15 is 0 Å². The Morgan fingerprint density at radius 1 is 0.767 bits per heavy atom. The van der Waals surface area contributed by atoms with Gasteiger partial charge in [-0.1, -0.05) is 12.1 Å². The number of pyridine rings is 2. The lowest BCUT2D eigenvalue weighted by Crippen LogP contribution is -2.17. The monoisotopic (exact) mass is 409 g/mol. The van der Waals surface area contributed by atoms with Crippen LogP contribution >= 0.6 is 0 Å². The van der Waals surface area contributed by atoms with Crippen LogP contribution in [0.4, 0.5) is 0 Å². The van der Waals surface area contributed by atoms with Gasteiger partial charge >= 0.3 is 5.97 Å². The Morgan fingerprint density at radius 3 is 2.20 bits per heavy atom. The predicted octanol–water partition coefficient (Wildman–Crippen LogP) is 2.64. The van der Waals surface area contributed by atoms with Crippen LogP contribution in [-0.4, -0.2) is 55.6 Å². The number of esters is 1. The van der Waals surface area contributed by atoms with Gasteiger partial charge in [-0.05, 0) is 49.9 Å². The highest BCUT2D eigenvalue weighted by atomic mass is 16.6. The van der Waals surface area contributed by atoms with Gasteiger partial charge in [0.05, 0.1) is 62.6 Å². The van der Waals surface area contributed by atoms with Crippen LogP contribution < -0.4 is 0 Å². The van der Waals surface area contributed by atoms with Gasteiger partial charge in [0.2, 0.25) is 0 Å². The van der Waals surface area contributed by atoms with E-state index in [1.165, 1.54) is 0 Å². The second-order valence-electron chi connectivity index (χ2n) is 6.32. The fourth-order valence-corrected chi connectivity index (χ4v) is 2.62. The van der Waals surface area contributed by atoms with Crippen LogP contribution in [0.25, 0.3) is 11.4 Å². The Balaban J connectivity index is 1.17. The van der Waals surface area contributed by atoms with Crippen molar-refractivity contribution in [2.24, 2.45) is 0 Å². The number of carbonyl (C=O) groups excluding carboxylic acids is 1. The van der Waals surface area contributed by atoms with E-state index in [-0.39, 0.29) is 12.6 Å². The van der Waals surface area contributed by atoms with Crippen LogP contribution in [0.3, 0.4) is 0 Å². The van der Waals surface area contributed by atoms with Gasteiger partial charge < -0.3 is 18.9 Å². The van der Waals surface area contributed by atoms with Crippen molar-refractivity contribution in [2.75, 3.05) is 39.6 Å². The third-order valence-corrected chi connectivity index (χ3v) is 4.09.